The highest BCUT2D eigenvalue weighted by molar-refractivity contribution is 6.30. The number of carbonyl (C=O) groups excluding carboxylic acids is 2. The van der Waals surface area contributed by atoms with E-state index in [9.17, 15) is 9.59 Å². The van der Waals surface area contributed by atoms with Gasteiger partial charge in [-0.25, -0.2) is 0 Å². The number of hydrogen-bond donors (Lipinski definition) is 2. The first-order valence-electron chi connectivity index (χ1n) is 9.12. The number of anilines is 1. The lowest BCUT2D eigenvalue weighted by atomic mass is 10.1. The molecule has 0 radical (unpaired) electrons. The van der Waals surface area contributed by atoms with Gasteiger partial charge in [0.1, 0.15) is 5.75 Å². The Balaban J connectivity index is 1.58. The van der Waals surface area contributed by atoms with Crippen LogP contribution in [-0.2, 0) is 11.3 Å². The fourth-order valence-electron chi connectivity index (χ4n) is 2.64. The molecule has 0 bridgehead atoms. The van der Waals surface area contributed by atoms with Gasteiger partial charge < -0.3 is 15.4 Å². The van der Waals surface area contributed by atoms with E-state index < -0.39 is 0 Å². The summed E-state index contributed by atoms with van der Waals surface area (Å²) in [6, 6.07) is 21.5. The van der Waals surface area contributed by atoms with Gasteiger partial charge >= 0.3 is 0 Å². The Morgan fingerprint density at radius 1 is 0.931 bits per heavy atom. The molecule has 2 amide bonds. The Morgan fingerprint density at radius 3 is 2.34 bits per heavy atom. The molecule has 0 heterocycles. The summed E-state index contributed by atoms with van der Waals surface area (Å²) in [6.07, 6.45) is 0. The lowest BCUT2D eigenvalue weighted by molar-refractivity contribution is -0.118. The van der Waals surface area contributed by atoms with E-state index in [1.54, 1.807) is 48.5 Å². The van der Waals surface area contributed by atoms with Crippen molar-refractivity contribution in [2.45, 2.75) is 13.5 Å². The molecule has 3 aromatic carbocycles. The van der Waals surface area contributed by atoms with Gasteiger partial charge in [0, 0.05) is 11.6 Å². The highest BCUT2D eigenvalue weighted by Gasteiger charge is 2.13. The SMILES string of the molecule is Cc1ccc(CNC(=O)c2ccccc2NC(=O)COc2ccc(Cl)cc2)cc1. The number of ether oxygens (including phenoxy) is 1. The smallest absolute Gasteiger partial charge is 0.262 e. The van der Waals surface area contributed by atoms with Crippen LogP contribution >= 0.6 is 11.6 Å². The van der Waals surface area contributed by atoms with Gasteiger partial charge in [-0.3, -0.25) is 9.59 Å². The molecule has 0 aliphatic rings. The number of aryl methyl sites for hydroxylation is 1. The van der Waals surface area contributed by atoms with E-state index in [0.29, 0.717) is 28.6 Å². The van der Waals surface area contributed by atoms with E-state index in [4.69, 9.17) is 16.3 Å². The van der Waals surface area contributed by atoms with Crippen LogP contribution in [-0.4, -0.2) is 18.4 Å². The zero-order valence-corrected chi connectivity index (χ0v) is 16.7. The normalized spacial score (nSPS) is 10.3. The second-order valence-corrected chi connectivity index (χ2v) is 6.94. The summed E-state index contributed by atoms with van der Waals surface area (Å²) in [5, 5.41) is 6.20. The number of para-hydroxylation sites is 1. The molecule has 0 saturated heterocycles. The second kappa shape index (κ2) is 9.75. The van der Waals surface area contributed by atoms with E-state index in [1.165, 1.54) is 0 Å². The van der Waals surface area contributed by atoms with Gasteiger partial charge in [-0.1, -0.05) is 53.6 Å². The number of carbonyl (C=O) groups is 2. The quantitative estimate of drug-likeness (QED) is 0.600. The molecule has 5 nitrogen and oxygen atoms in total. The topological polar surface area (TPSA) is 67.4 Å². The van der Waals surface area contributed by atoms with Crippen LogP contribution in [0.3, 0.4) is 0 Å². The van der Waals surface area contributed by atoms with E-state index in [-0.39, 0.29) is 18.4 Å². The van der Waals surface area contributed by atoms with Crippen molar-refractivity contribution in [1.82, 2.24) is 5.32 Å². The summed E-state index contributed by atoms with van der Waals surface area (Å²) in [4.78, 5) is 24.8. The highest BCUT2D eigenvalue weighted by Crippen LogP contribution is 2.17. The average molecular weight is 409 g/mol. The maximum atomic E-state index is 12.6. The first-order chi connectivity index (χ1) is 14.0. The standard InChI is InChI=1S/C23H21ClN2O3/c1-16-6-8-17(9-7-16)14-25-23(28)20-4-2-3-5-21(20)26-22(27)15-29-19-12-10-18(24)11-13-19/h2-13H,14-15H2,1H3,(H,25,28)(H,26,27). The minimum absolute atomic E-state index is 0.180. The summed E-state index contributed by atoms with van der Waals surface area (Å²) in [7, 11) is 0. The molecule has 0 spiro atoms. The summed E-state index contributed by atoms with van der Waals surface area (Å²) in [6.45, 7) is 2.24. The Labute approximate surface area is 174 Å². The van der Waals surface area contributed by atoms with Crippen molar-refractivity contribution in [1.29, 1.82) is 0 Å². The number of nitrogens with one attached hydrogen (secondary N) is 2. The molecule has 0 atom stereocenters. The van der Waals surface area contributed by atoms with Gasteiger partial charge in [-0.05, 0) is 48.9 Å². The summed E-state index contributed by atoms with van der Waals surface area (Å²) >= 11 is 5.83. The number of rotatable bonds is 7. The second-order valence-electron chi connectivity index (χ2n) is 6.50. The molecule has 2 N–H and O–H groups in total. The van der Waals surface area contributed by atoms with Gasteiger partial charge in [0.25, 0.3) is 11.8 Å². The number of halogens is 1. The van der Waals surface area contributed by atoms with Crippen LogP contribution in [0.2, 0.25) is 5.02 Å². The maximum absolute atomic E-state index is 12.6. The molecule has 0 aliphatic carbocycles. The number of amides is 2. The molecule has 3 aromatic rings. The number of benzene rings is 3. The van der Waals surface area contributed by atoms with Crippen LogP contribution in [0.15, 0.2) is 72.8 Å². The molecule has 3 rings (SSSR count). The van der Waals surface area contributed by atoms with E-state index in [2.05, 4.69) is 10.6 Å². The molecule has 6 heteroatoms. The molecule has 0 aliphatic heterocycles. The van der Waals surface area contributed by atoms with Crippen molar-refractivity contribution < 1.29 is 14.3 Å². The third-order valence-corrected chi connectivity index (χ3v) is 4.45. The van der Waals surface area contributed by atoms with Gasteiger partial charge in [-0.15, -0.1) is 0 Å². The molecule has 0 aromatic heterocycles. The van der Waals surface area contributed by atoms with Crippen molar-refractivity contribution >= 4 is 29.1 Å². The summed E-state index contributed by atoms with van der Waals surface area (Å²) < 4.78 is 5.44. The molecular formula is C23H21ClN2O3. The lowest BCUT2D eigenvalue weighted by Gasteiger charge is -2.12. The van der Waals surface area contributed by atoms with Gasteiger partial charge in [0.15, 0.2) is 6.61 Å². The van der Waals surface area contributed by atoms with Gasteiger partial charge in [0.2, 0.25) is 0 Å². The minimum Gasteiger partial charge on any atom is -0.484 e. The fourth-order valence-corrected chi connectivity index (χ4v) is 2.77. The molecular weight excluding hydrogens is 388 g/mol. The Morgan fingerprint density at radius 2 is 1.62 bits per heavy atom. The number of hydrogen-bond acceptors (Lipinski definition) is 3. The zero-order valence-electron chi connectivity index (χ0n) is 15.9. The van der Waals surface area contributed by atoms with Crippen LogP contribution in [0.5, 0.6) is 5.75 Å². The lowest BCUT2D eigenvalue weighted by Crippen LogP contribution is -2.26. The zero-order chi connectivity index (χ0) is 20.6. The maximum Gasteiger partial charge on any atom is 0.262 e. The predicted octanol–water partition coefficient (Wildman–Crippen LogP) is 4.60. The first kappa shape index (κ1) is 20.4. The molecule has 0 saturated carbocycles. The van der Waals surface area contributed by atoms with E-state index in [0.717, 1.165) is 11.1 Å². The van der Waals surface area contributed by atoms with E-state index >= 15 is 0 Å². The van der Waals surface area contributed by atoms with Crippen molar-refractivity contribution in [3.05, 3.63) is 94.5 Å². The van der Waals surface area contributed by atoms with Crippen molar-refractivity contribution in [2.75, 3.05) is 11.9 Å². The summed E-state index contributed by atoms with van der Waals surface area (Å²) in [5.41, 5.74) is 2.98. The highest BCUT2D eigenvalue weighted by atomic mass is 35.5. The monoisotopic (exact) mass is 408 g/mol. The minimum atomic E-state index is -0.362. The Bertz CT molecular complexity index is 986. The van der Waals surface area contributed by atoms with Crippen LogP contribution in [0, 0.1) is 6.92 Å². The van der Waals surface area contributed by atoms with Crippen molar-refractivity contribution in [2.24, 2.45) is 0 Å². The Hall–Kier alpha value is -3.31. The Kier molecular flexibility index (Phi) is 6.87. The average Bonchev–Trinajstić information content (AvgIpc) is 2.73. The van der Waals surface area contributed by atoms with Gasteiger partial charge in [0.05, 0.1) is 11.3 Å². The fraction of sp³-hybridized carbons (Fsp3) is 0.130. The molecule has 0 fully saturated rings. The third kappa shape index (κ3) is 6.09. The van der Waals surface area contributed by atoms with Crippen LogP contribution in [0.4, 0.5) is 5.69 Å². The predicted molar refractivity (Wildman–Crippen MR) is 114 cm³/mol. The van der Waals surface area contributed by atoms with Crippen LogP contribution in [0.25, 0.3) is 0 Å². The van der Waals surface area contributed by atoms with Crippen molar-refractivity contribution in [3.8, 4) is 5.75 Å². The largest absolute Gasteiger partial charge is 0.484 e. The van der Waals surface area contributed by atoms with Crippen LogP contribution in [0.1, 0.15) is 21.5 Å². The van der Waals surface area contributed by atoms with E-state index in [1.807, 2.05) is 31.2 Å². The molecule has 0 unspecified atom stereocenters. The molecule has 148 valence electrons. The van der Waals surface area contributed by atoms with Gasteiger partial charge in [-0.2, -0.15) is 0 Å². The van der Waals surface area contributed by atoms with Crippen LogP contribution < -0.4 is 15.4 Å². The third-order valence-electron chi connectivity index (χ3n) is 4.20. The molecule has 29 heavy (non-hydrogen) atoms. The first-order valence-corrected chi connectivity index (χ1v) is 9.50. The summed E-state index contributed by atoms with van der Waals surface area (Å²) in [5.74, 6) is -0.0903. The van der Waals surface area contributed by atoms with Crippen molar-refractivity contribution in [3.63, 3.8) is 0 Å².